The molecule has 2 N–H and O–H groups in total. The van der Waals surface area contributed by atoms with Crippen molar-refractivity contribution in [3.8, 4) is 11.5 Å². The van der Waals surface area contributed by atoms with Crippen molar-refractivity contribution >= 4 is 33.7 Å². The van der Waals surface area contributed by atoms with Crippen LogP contribution in [0.1, 0.15) is 68.7 Å². The fourth-order valence-electron chi connectivity index (χ4n) is 6.39. The lowest BCUT2D eigenvalue weighted by molar-refractivity contribution is -0.437. The van der Waals surface area contributed by atoms with E-state index in [0.29, 0.717) is 31.0 Å². The Morgan fingerprint density at radius 3 is 2.69 bits per heavy atom. The molecule has 5 rings (SSSR count). The van der Waals surface area contributed by atoms with E-state index < -0.39 is 16.2 Å². The minimum Gasteiger partial charge on any atom is -0.456 e. The normalized spacial score (nSPS) is 17.4. The number of hydrogen-bond acceptors (Lipinski definition) is 5. The first-order chi connectivity index (χ1) is 19.9. The summed E-state index contributed by atoms with van der Waals surface area (Å²) < 4.78 is 46.4. The Labute approximate surface area is 248 Å². The summed E-state index contributed by atoms with van der Waals surface area (Å²) in [5.74, 6) is 1.60. The van der Waals surface area contributed by atoms with E-state index in [-0.39, 0.29) is 11.2 Å². The zero-order valence-corrected chi connectivity index (χ0v) is 25.7. The molecule has 222 valence electrons. The largest absolute Gasteiger partial charge is 0.456 e. The third-order valence-corrected chi connectivity index (χ3v) is 8.87. The Bertz CT molecular complexity index is 1680. The molecule has 1 aliphatic carbocycles. The molecule has 1 amide bonds. The number of nitrogens with zero attached hydrogens (tertiary/aromatic N) is 1. The maximum absolute atomic E-state index is 11.9. The SMILES string of the molecule is CCNC(=O)Oc1ccc2c(c1)OC1=C(/C=C/C3=[N+](CCCS(=O)(=O)O)c4cc(C)cc(C)c4C3(C)C)CCCC1=C2. The molecule has 0 bridgehead atoms. The Balaban J connectivity index is 1.51. The highest BCUT2D eigenvalue weighted by molar-refractivity contribution is 7.85. The average molecular weight is 592 g/mol. The van der Waals surface area contributed by atoms with Crippen LogP contribution in [0.3, 0.4) is 0 Å². The van der Waals surface area contributed by atoms with Gasteiger partial charge in [-0.3, -0.25) is 4.55 Å². The highest BCUT2D eigenvalue weighted by Crippen LogP contribution is 2.44. The number of amides is 1. The summed E-state index contributed by atoms with van der Waals surface area (Å²) in [7, 11) is -4.05. The van der Waals surface area contributed by atoms with Crippen LogP contribution in [0.4, 0.5) is 10.5 Å². The first-order valence-electron chi connectivity index (χ1n) is 14.5. The molecule has 0 saturated carbocycles. The molecular formula is C33H39N2O6S+. The predicted molar refractivity (Wildman–Crippen MR) is 165 cm³/mol. The van der Waals surface area contributed by atoms with E-state index in [4.69, 9.17) is 9.47 Å². The van der Waals surface area contributed by atoms with Crippen molar-refractivity contribution in [1.29, 1.82) is 0 Å². The average Bonchev–Trinajstić information content (AvgIpc) is 3.11. The molecule has 0 spiro atoms. The van der Waals surface area contributed by atoms with Gasteiger partial charge in [0.05, 0.1) is 11.2 Å². The molecule has 0 aromatic heterocycles. The molecule has 3 aliphatic rings. The molecule has 42 heavy (non-hydrogen) atoms. The van der Waals surface area contributed by atoms with Crippen LogP contribution in [-0.4, -0.2) is 48.2 Å². The topological polar surface area (TPSA) is 105 Å². The molecular weight excluding hydrogens is 552 g/mol. The van der Waals surface area contributed by atoms with Gasteiger partial charge in [-0.15, -0.1) is 0 Å². The second-order valence-corrected chi connectivity index (χ2v) is 13.3. The van der Waals surface area contributed by atoms with Gasteiger partial charge in [0.25, 0.3) is 10.1 Å². The van der Waals surface area contributed by atoms with Gasteiger partial charge in [-0.25, -0.2) is 4.79 Å². The van der Waals surface area contributed by atoms with Crippen molar-refractivity contribution in [3.63, 3.8) is 0 Å². The van der Waals surface area contributed by atoms with E-state index in [0.717, 1.165) is 58.7 Å². The van der Waals surface area contributed by atoms with E-state index in [1.54, 1.807) is 12.1 Å². The molecule has 2 heterocycles. The Kier molecular flexibility index (Phi) is 8.18. The van der Waals surface area contributed by atoms with Crippen molar-refractivity contribution in [3.05, 3.63) is 81.6 Å². The van der Waals surface area contributed by atoms with Gasteiger partial charge in [-0.2, -0.15) is 13.0 Å². The summed E-state index contributed by atoms with van der Waals surface area (Å²) in [4.78, 5) is 11.9. The van der Waals surface area contributed by atoms with Crippen LogP contribution in [0.5, 0.6) is 11.5 Å². The highest BCUT2D eigenvalue weighted by Gasteiger charge is 2.45. The Morgan fingerprint density at radius 1 is 1.17 bits per heavy atom. The number of hydrogen-bond donors (Lipinski definition) is 2. The number of nitrogens with one attached hydrogen (secondary N) is 1. The lowest BCUT2D eigenvalue weighted by Crippen LogP contribution is -2.29. The van der Waals surface area contributed by atoms with Crippen LogP contribution in [0.2, 0.25) is 0 Å². The number of benzene rings is 2. The van der Waals surface area contributed by atoms with Crippen LogP contribution in [0.15, 0.2) is 59.4 Å². The lowest BCUT2D eigenvalue weighted by Gasteiger charge is -2.27. The summed E-state index contributed by atoms with van der Waals surface area (Å²) in [6.45, 7) is 11.4. The fraction of sp³-hybridized carbons (Fsp3) is 0.394. The molecule has 0 unspecified atom stereocenters. The van der Waals surface area contributed by atoms with Gasteiger partial charge in [0.1, 0.15) is 23.8 Å². The van der Waals surface area contributed by atoms with Crippen molar-refractivity contribution in [1.82, 2.24) is 5.32 Å². The maximum atomic E-state index is 11.9. The molecule has 8 nitrogen and oxygen atoms in total. The second-order valence-electron chi connectivity index (χ2n) is 11.7. The highest BCUT2D eigenvalue weighted by atomic mass is 32.2. The summed E-state index contributed by atoms with van der Waals surface area (Å²) in [5, 5.41) is 2.63. The number of ether oxygens (including phenoxy) is 2. The minimum atomic E-state index is -4.05. The van der Waals surface area contributed by atoms with Crippen LogP contribution in [-0.2, 0) is 15.5 Å². The number of fused-ring (bicyclic) bond motifs is 3. The van der Waals surface area contributed by atoms with E-state index in [1.165, 1.54) is 11.1 Å². The standard InChI is InChI=1S/C33H38N2O6S/c1-6-34-32(36)40-26-13-11-24-19-25-10-7-9-23(31(25)41-28(24)20-26)12-14-29-33(4,5)30-22(3)17-21(2)18-27(30)35(29)15-8-16-42(37,38)39/h11-14,17-20H,6-10,15-16H2,1-5H3,(H-,34,36,37,38,39)/p+1/b14-12+. The Hall–Kier alpha value is -3.69. The smallest absolute Gasteiger partial charge is 0.412 e. The summed E-state index contributed by atoms with van der Waals surface area (Å²) >= 11 is 0. The number of carbonyl (C=O) groups excluding carboxylic acids is 1. The van der Waals surface area contributed by atoms with Crippen LogP contribution < -0.4 is 14.8 Å². The first-order valence-corrected chi connectivity index (χ1v) is 16.1. The van der Waals surface area contributed by atoms with Gasteiger partial charge in [0, 0.05) is 42.3 Å². The van der Waals surface area contributed by atoms with Gasteiger partial charge in [0.15, 0.2) is 5.71 Å². The van der Waals surface area contributed by atoms with E-state index >= 15 is 0 Å². The predicted octanol–water partition coefficient (Wildman–Crippen LogP) is 6.54. The molecule has 0 fully saturated rings. The summed E-state index contributed by atoms with van der Waals surface area (Å²) in [5.41, 5.74) is 8.57. The molecule has 0 atom stereocenters. The van der Waals surface area contributed by atoms with Crippen molar-refractivity contribution in [2.24, 2.45) is 0 Å². The molecule has 2 aliphatic heterocycles. The fourth-order valence-corrected chi connectivity index (χ4v) is 6.89. The van der Waals surface area contributed by atoms with Crippen molar-refractivity contribution in [2.45, 2.75) is 65.7 Å². The maximum Gasteiger partial charge on any atom is 0.412 e. The zero-order valence-electron chi connectivity index (χ0n) is 24.9. The third kappa shape index (κ3) is 6.08. The van der Waals surface area contributed by atoms with E-state index in [1.807, 2.05) is 13.0 Å². The number of carbonyl (C=O) groups is 1. The summed E-state index contributed by atoms with van der Waals surface area (Å²) in [6.07, 6.45) is 8.99. The molecule has 0 radical (unpaired) electrons. The third-order valence-electron chi connectivity index (χ3n) is 8.07. The van der Waals surface area contributed by atoms with E-state index in [2.05, 4.69) is 67.9 Å². The number of rotatable bonds is 8. The van der Waals surface area contributed by atoms with Gasteiger partial charge < -0.3 is 14.8 Å². The van der Waals surface area contributed by atoms with Gasteiger partial charge >= 0.3 is 6.09 Å². The summed E-state index contributed by atoms with van der Waals surface area (Å²) in [6, 6.07) is 9.76. The molecule has 9 heteroatoms. The van der Waals surface area contributed by atoms with Crippen LogP contribution >= 0.6 is 0 Å². The Morgan fingerprint density at radius 2 is 1.95 bits per heavy atom. The first kappa shape index (κ1) is 29.8. The quantitative estimate of drug-likeness (QED) is 0.267. The molecule has 2 aromatic carbocycles. The monoisotopic (exact) mass is 591 g/mol. The van der Waals surface area contributed by atoms with Gasteiger partial charge in [0.2, 0.25) is 5.69 Å². The van der Waals surface area contributed by atoms with Crippen molar-refractivity contribution in [2.75, 3.05) is 18.8 Å². The molecule has 2 aromatic rings. The van der Waals surface area contributed by atoms with Gasteiger partial charge in [-0.05, 0) is 100 Å². The number of allylic oxidation sites excluding steroid dienone is 4. The van der Waals surface area contributed by atoms with E-state index in [9.17, 15) is 17.8 Å². The number of aryl methyl sites for hydroxylation is 2. The molecule has 0 saturated heterocycles. The zero-order chi connectivity index (χ0) is 30.2. The van der Waals surface area contributed by atoms with Crippen LogP contribution in [0.25, 0.3) is 6.08 Å². The minimum absolute atomic E-state index is 0.288. The van der Waals surface area contributed by atoms with Crippen LogP contribution in [0, 0.1) is 13.8 Å². The van der Waals surface area contributed by atoms with Crippen molar-refractivity contribution < 1.29 is 31.8 Å². The second kappa shape index (κ2) is 11.5. The lowest BCUT2D eigenvalue weighted by atomic mass is 9.78. The van der Waals surface area contributed by atoms with Gasteiger partial charge in [-0.1, -0.05) is 6.07 Å².